The summed E-state index contributed by atoms with van der Waals surface area (Å²) in [5.74, 6) is 0.184. The Morgan fingerprint density at radius 2 is 1.81 bits per heavy atom. The van der Waals surface area contributed by atoms with Crippen LogP contribution < -0.4 is 20.7 Å². The van der Waals surface area contributed by atoms with Gasteiger partial charge in [0.05, 0.1) is 12.8 Å². The fraction of sp³-hybridized carbons (Fsp3) is 0.105. The van der Waals surface area contributed by atoms with Crippen LogP contribution in [0.2, 0.25) is 0 Å². The smallest absolute Gasteiger partial charge is 0.325 e. The quantitative estimate of drug-likeness (QED) is 0.611. The molecule has 1 heterocycles. The summed E-state index contributed by atoms with van der Waals surface area (Å²) < 4.78 is 5.28. The highest BCUT2D eigenvalue weighted by molar-refractivity contribution is 7.14. The average molecular weight is 382 g/mol. The van der Waals surface area contributed by atoms with Crippen LogP contribution in [0.15, 0.2) is 53.9 Å². The van der Waals surface area contributed by atoms with E-state index in [4.69, 9.17) is 4.74 Å². The Morgan fingerprint density at radius 1 is 1.04 bits per heavy atom. The summed E-state index contributed by atoms with van der Waals surface area (Å²) in [5.41, 5.74) is 2.44. The molecule has 1 aromatic heterocycles. The number of urea groups is 1. The molecule has 2 aromatic carbocycles. The molecule has 0 radical (unpaired) electrons. The van der Waals surface area contributed by atoms with E-state index in [1.807, 2.05) is 37.3 Å². The summed E-state index contributed by atoms with van der Waals surface area (Å²) in [7, 11) is 1.54. The molecule has 0 bridgehead atoms. The van der Waals surface area contributed by atoms with Gasteiger partial charge in [-0.1, -0.05) is 24.3 Å². The van der Waals surface area contributed by atoms with E-state index >= 15 is 0 Å². The van der Waals surface area contributed by atoms with E-state index < -0.39 is 6.03 Å². The van der Waals surface area contributed by atoms with Crippen LogP contribution in [0.5, 0.6) is 5.75 Å². The number of rotatable bonds is 5. The second-order valence-electron chi connectivity index (χ2n) is 5.64. The van der Waals surface area contributed by atoms with E-state index in [1.54, 1.807) is 30.7 Å². The Hall–Kier alpha value is -3.39. The maximum absolute atomic E-state index is 12.4. The van der Waals surface area contributed by atoms with Gasteiger partial charge in [0, 0.05) is 11.1 Å². The summed E-state index contributed by atoms with van der Waals surface area (Å²) in [5, 5.41) is 9.97. The van der Waals surface area contributed by atoms with Crippen LogP contribution >= 0.6 is 11.3 Å². The number of benzene rings is 2. The van der Waals surface area contributed by atoms with E-state index in [0.29, 0.717) is 22.3 Å². The first-order valence-corrected chi connectivity index (χ1v) is 8.97. The average Bonchev–Trinajstić information content (AvgIpc) is 3.12. The van der Waals surface area contributed by atoms with Gasteiger partial charge in [0.1, 0.15) is 11.4 Å². The molecule has 138 valence electrons. The Balaban J connectivity index is 1.63. The number of nitrogens with one attached hydrogen (secondary N) is 3. The second kappa shape index (κ2) is 8.33. The SMILES string of the molecule is COc1cc(C)ccc1NC(=O)c1csc(NC(=O)Nc2ccccc2)n1. The molecule has 0 saturated carbocycles. The molecule has 0 aliphatic heterocycles. The number of ether oxygens (including phenoxy) is 1. The molecule has 8 heteroatoms. The first-order chi connectivity index (χ1) is 13.0. The van der Waals surface area contributed by atoms with Crippen molar-refractivity contribution in [1.82, 2.24) is 4.98 Å². The zero-order chi connectivity index (χ0) is 19.2. The number of thiazole rings is 1. The molecule has 3 aromatic rings. The lowest BCUT2D eigenvalue weighted by atomic mass is 10.2. The molecule has 0 fully saturated rings. The molecule has 0 aliphatic rings. The van der Waals surface area contributed by atoms with Gasteiger partial charge in [0.15, 0.2) is 5.13 Å². The van der Waals surface area contributed by atoms with Gasteiger partial charge in [-0.3, -0.25) is 10.1 Å². The Labute approximate surface area is 160 Å². The van der Waals surface area contributed by atoms with Crippen LogP contribution in [0, 0.1) is 6.92 Å². The predicted octanol–water partition coefficient (Wildman–Crippen LogP) is 4.36. The van der Waals surface area contributed by atoms with E-state index in [-0.39, 0.29) is 11.6 Å². The molecular weight excluding hydrogens is 364 g/mol. The first-order valence-electron chi connectivity index (χ1n) is 8.10. The van der Waals surface area contributed by atoms with Crippen LogP contribution in [-0.2, 0) is 0 Å². The molecule has 27 heavy (non-hydrogen) atoms. The van der Waals surface area contributed by atoms with Crippen LogP contribution in [0.4, 0.5) is 21.3 Å². The van der Waals surface area contributed by atoms with Gasteiger partial charge in [-0.2, -0.15) is 0 Å². The zero-order valence-electron chi connectivity index (χ0n) is 14.8. The van der Waals surface area contributed by atoms with Crippen molar-refractivity contribution in [2.24, 2.45) is 0 Å². The van der Waals surface area contributed by atoms with Crippen molar-refractivity contribution in [2.75, 3.05) is 23.1 Å². The summed E-state index contributed by atoms with van der Waals surface area (Å²) in [6.07, 6.45) is 0. The van der Waals surface area contributed by atoms with E-state index in [0.717, 1.165) is 16.9 Å². The van der Waals surface area contributed by atoms with Crippen molar-refractivity contribution < 1.29 is 14.3 Å². The number of carbonyl (C=O) groups is 2. The molecule has 0 aliphatic carbocycles. The van der Waals surface area contributed by atoms with Gasteiger partial charge >= 0.3 is 6.03 Å². The molecule has 0 unspecified atom stereocenters. The molecule has 7 nitrogen and oxygen atoms in total. The largest absolute Gasteiger partial charge is 0.495 e. The fourth-order valence-electron chi connectivity index (χ4n) is 2.30. The lowest BCUT2D eigenvalue weighted by Crippen LogP contribution is -2.19. The molecule has 3 N–H and O–H groups in total. The summed E-state index contributed by atoms with van der Waals surface area (Å²) in [4.78, 5) is 28.6. The van der Waals surface area contributed by atoms with E-state index in [2.05, 4.69) is 20.9 Å². The number of anilines is 3. The number of aryl methyl sites for hydroxylation is 1. The summed E-state index contributed by atoms with van der Waals surface area (Å²) in [6, 6.07) is 14.1. The first kappa shape index (κ1) is 18.4. The number of amides is 3. The zero-order valence-corrected chi connectivity index (χ0v) is 15.6. The van der Waals surface area contributed by atoms with Gasteiger partial charge in [-0.15, -0.1) is 11.3 Å². The molecule has 3 amide bonds. The Morgan fingerprint density at radius 3 is 2.56 bits per heavy atom. The molecule has 0 atom stereocenters. The molecular formula is C19H18N4O3S. The van der Waals surface area contributed by atoms with Crippen LogP contribution in [0.25, 0.3) is 0 Å². The fourth-order valence-corrected chi connectivity index (χ4v) is 2.99. The van der Waals surface area contributed by atoms with Gasteiger partial charge in [-0.05, 0) is 36.8 Å². The predicted molar refractivity (Wildman–Crippen MR) is 107 cm³/mol. The number of methoxy groups -OCH3 is 1. The van der Waals surface area contributed by atoms with Crippen LogP contribution in [-0.4, -0.2) is 24.0 Å². The lowest BCUT2D eigenvalue weighted by Gasteiger charge is -2.10. The van der Waals surface area contributed by atoms with Crippen molar-refractivity contribution in [1.29, 1.82) is 0 Å². The standard InChI is InChI=1S/C19H18N4O3S/c1-12-8-9-14(16(10-12)26-2)21-17(24)15-11-27-19(22-15)23-18(25)20-13-6-4-3-5-7-13/h3-11H,1-2H3,(H,21,24)(H2,20,22,23,25). The molecule has 3 rings (SSSR count). The van der Waals surface area contributed by atoms with Gasteiger partial charge < -0.3 is 15.4 Å². The minimum atomic E-state index is -0.428. The lowest BCUT2D eigenvalue weighted by molar-refractivity contribution is 0.102. The highest BCUT2D eigenvalue weighted by Gasteiger charge is 2.14. The van der Waals surface area contributed by atoms with Crippen molar-refractivity contribution in [3.63, 3.8) is 0 Å². The highest BCUT2D eigenvalue weighted by atomic mass is 32.1. The third-order valence-electron chi connectivity index (χ3n) is 3.59. The maximum atomic E-state index is 12.4. The monoisotopic (exact) mass is 382 g/mol. The highest BCUT2D eigenvalue weighted by Crippen LogP contribution is 2.26. The topological polar surface area (TPSA) is 92.4 Å². The third-order valence-corrected chi connectivity index (χ3v) is 4.35. The van der Waals surface area contributed by atoms with Gasteiger partial charge in [0.25, 0.3) is 5.91 Å². The van der Waals surface area contributed by atoms with Gasteiger partial charge in [0.2, 0.25) is 0 Å². The van der Waals surface area contributed by atoms with Crippen LogP contribution in [0.3, 0.4) is 0 Å². The minimum absolute atomic E-state index is 0.206. The Bertz CT molecular complexity index is 957. The number of aromatic nitrogens is 1. The van der Waals surface area contributed by atoms with Crippen molar-refractivity contribution in [3.8, 4) is 5.75 Å². The molecule has 0 saturated heterocycles. The van der Waals surface area contributed by atoms with E-state index in [1.165, 1.54) is 0 Å². The summed E-state index contributed by atoms with van der Waals surface area (Å²) >= 11 is 1.16. The normalized spacial score (nSPS) is 10.1. The minimum Gasteiger partial charge on any atom is -0.495 e. The van der Waals surface area contributed by atoms with Crippen molar-refractivity contribution in [2.45, 2.75) is 6.92 Å². The van der Waals surface area contributed by atoms with Crippen LogP contribution in [0.1, 0.15) is 16.1 Å². The summed E-state index contributed by atoms with van der Waals surface area (Å²) in [6.45, 7) is 1.94. The van der Waals surface area contributed by atoms with Gasteiger partial charge in [-0.25, -0.2) is 9.78 Å². The number of para-hydroxylation sites is 1. The number of nitrogens with zero attached hydrogens (tertiary/aromatic N) is 1. The number of carbonyl (C=O) groups excluding carboxylic acids is 2. The maximum Gasteiger partial charge on any atom is 0.325 e. The third kappa shape index (κ3) is 4.83. The van der Waals surface area contributed by atoms with E-state index in [9.17, 15) is 9.59 Å². The number of hydrogen-bond donors (Lipinski definition) is 3. The number of hydrogen-bond acceptors (Lipinski definition) is 5. The van der Waals surface area contributed by atoms with Crippen molar-refractivity contribution >= 4 is 39.8 Å². The Kier molecular flexibility index (Phi) is 5.68. The second-order valence-corrected chi connectivity index (χ2v) is 6.50. The molecule has 0 spiro atoms. The van der Waals surface area contributed by atoms with Crippen molar-refractivity contribution in [3.05, 3.63) is 65.2 Å².